The third-order valence-electron chi connectivity index (χ3n) is 2.39. The molecule has 0 radical (unpaired) electrons. The van der Waals surface area contributed by atoms with Gasteiger partial charge in [0, 0.05) is 13.0 Å². The Balaban J connectivity index is 3.11. The summed E-state index contributed by atoms with van der Waals surface area (Å²) in [5.74, 6) is 0.237. The van der Waals surface area contributed by atoms with Gasteiger partial charge in [-0.1, -0.05) is 55.2 Å². The molecule has 2 nitrogen and oxygen atoms in total. The molecule has 0 aliphatic rings. The fourth-order valence-corrected chi connectivity index (χ4v) is 1.96. The topological polar surface area (TPSA) is 29.1 Å². The summed E-state index contributed by atoms with van der Waals surface area (Å²) in [6.45, 7) is 3.05. The summed E-state index contributed by atoms with van der Waals surface area (Å²) in [5, 5.41) is 2.98. The van der Waals surface area contributed by atoms with Crippen molar-refractivity contribution in [3.05, 3.63) is 0 Å². The number of hydrogen-bond acceptors (Lipinski definition) is 1. The van der Waals surface area contributed by atoms with E-state index in [0.29, 0.717) is 6.42 Å². The summed E-state index contributed by atoms with van der Waals surface area (Å²) in [5.41, 5.74) is 0. The quantitative estimate of drug-likeness (QED) is 0.371. The van der Waals surface area contributed by atoms with Crippen LogP contribution in [0.1, 0.15) is 58.3 Å². The molecule has 15 heavy (non-hydrogen) atoms. The minimum Gasteiger partial charge on any atom is -0.356 e. The van der Waals surface area contributed by atoms with Gasteiger partial charge >= 0.3 is 0 Å². The predicted octanol–water partition coefficient (Wildman–Crippen LogP) is 3.68. The van der Waals surface area contributed by atoms with Crippen molar-refractivity contribution in [3.8, 4) is 0 Å². The van der Waals surface area contributed by atoms with Gasteiger partial charge in [0.1, 0.15) is 0 Å². The van der Waals surface area contributed by atoms with Gasteiger partial charge < -0.3 is 5.32 Å². The van der Waals surface area contributed by atoms with Crippen molar-refractivity contribution in [2.24, 2.45) is 0 Å². The van der Waals surface area contributed by atoms with E-state index < -0.39 is 0 Å². The average Bonchev–Trinajstić information content (AvgIpc) is 2.24. The van der Waals surface area contributed by atoms with Gasteiger partial charge in [0.05, 0.1) is 0 Å². The van der Waals surface area contributed by atoms with E-state index >= 15 is 0 Å². The lowest BCUT2D eigenvalue weighted by Gasteiger charge is -2.04. The molecule has 0 heterocycles. The van der Waals surface area contributed by atoms with Crippen LogP contribution in [0.3, 0.4) is 0 Å². The molecular formula is C12H24INO. The number of alkyl halides is 1. The van der Waals surface area contributed by atoms with E-state index in [9.17, 15) is 4.79 Å². The van der Waals surface area contributed by atoms with Crippen LogP contribution in [0.5, 0.6) is 0 Å². The van der Waals surface area contributed by atoms with Gasteiger partial charge in [-0.15, -0.1) is 0 Å². The molecule has 0 aliphatic carbocycles. The van der Waals surface area contributed by atoms with E-state index in [2.05, 4.69) is 34.8 Å². The van der Waals surface area contributed by atoms with E-state index in [0.717, 1.165) is 19.4 Å². The number of nitrogens with one attached hydrogen (secondary N) is 1. The summed E-state index contributed by atoms with van der Waals surface area (Å²) >= 11 is 2.39. The van der Waals surface area contributed by atoms with Crippen LogP contribution in [0.4, 0.5) is 0 Å². The van der Waals surface area contributed by atoms with Gasteiger partial charge in [-0.2, -0.15) is 0 Å². The van der Waals surface area contributed by atoms with Gasteiger partial charge in [0.2, 0.25) is 5.91 Å². The smallest absolute Gasteiger partial charge is 0.219 e. The third kappa shape index (κ3) is 12.1. The molecule has 0 aromatic rings. The minimum atomic E-state index is 0.237. The molecule has 0 atom stereocenters. The van der Waals surface area contributed by atoms with E-state index in [1.165, 1.54) is 36.5 Å². The highest BCUT2D eigenvalue weighted by molar-refractivity contribution is 14.1. The van der Waals surface area contributed by atoms with Gasteiger partial charge in [-0.05, 0) is 23.7 Å². The molecule has 0 fully saturated rings. The monoisotopic (exact) mass is 325 g/mol. The zero-order valence-corrected chi connectivity index (χ0v) is 12.0. The first-order valence-corrected chi connectivity index (χ1v) is 7.66. The second-order valence-electron chi connectivity index (χ2n) is 3.91. The number of unbranched alkanes of at least 4 members (excludes halogenated alkanes) is 5. The highest BCUT2D eigenvalue weighted by Gasteiger charge is 1.99. The molecular weight excluding hydrogens is 301 g/mol. The lowest BCUT2D eigenvalue weighted by atomic mass is 10.1. The number of hydrogen-bond donors (Lipinski definition) is 1. The standard InChI is InChI=1S/C12H24INO/c1-2-3-4-6-9-12(15)14-11-8-5-7-10-13/h2-11H2,1H3,(H,14,15). The van der Waals surface area contributed by atoms with Crippen LogP contribution in [0, 0.1) is 0 Å². The van der Waals surface area contributed by atoms with Crippen molar-refractivity contribution in [3.63, 3.8) is 0 Å². The molecule has 0 unspecified atom stereocenters. The Morgan fingerprint density at radius 3 is 2.47 bits per heavy atom. The molecule has 90 valence electrons. The Morgan fingerprint density at radius 1 is 1.07 bits per heavy atom. The van der Waals surface area contributed by atoms with Crippen molar-refractivity contribution in [1.29, 1.82) is 0 Å². The van der Waals surface area contributed by atoms with Crippen LogP contribution < -0.4 is 5.32 Å². The maximum Gasteiger partial charge on any atom is 0.219 e. The largest absolute Gasteiger partial charge is 0.356 e. The van der Waals surface area contributed by atoms with Crippen molar-refractivity contribution in [2.45, 2.75) is 58.3 Å². The molecule has 0 aromatic carbocycles. The van der Waals surface area contributed by atoms with Crippen LogP contribution in [-0.2, 0) is 4.79 Å². The summed E-state index contributed by atoms with van der Waals surface area (Å²) in [7, 11) is 0. The third-order valence-corrected chi connectivity index (χ3v) is 3.15. The molecule has 0 spiro atoms. The van der Waals surface area contributed by atoms with E-state index in [-0.39, 0.29) is 5.91 Å². The first kappa shape index (κ1) is 15.2. The second-order valence-corrected chi connectivity index (χ2v) is 4.99. The Labute approximate surface area is 108 Å². The molecule has 0 aromatic heterocycles. The Hall–Kier alpha value is 0.200. The molecule has 3 heteroatoms. The highest BCUT2D eigenvalue weighted by atomic mass is 127. The number of halogens is 1. The zero-order valence-electron chi connectivity index (χ0n) is 9.86. The fourth-order valence-electron chi connectivity index (χ4n) is 1.42. The molecule has 0 saturated carbocycles. The first-order chi connectivity index (χ1) is 7.31. The van der Waals surface area contributed by atoms with Gasteiger partial charge in [0.15, 0.2) is 0 Å². The fraction of sp³-hybridized carbons (Fsp3) is 0.917. The molecule has 1 amide bonds. The van der Waals surface area contributed by atoms with Crippen molar-refractivity contribution < 1.29 is 4.79 Å². The molecule has 0 bridgehead atoms. The Morgan fingerprint density at radius 2 is 1.80 bits per heavy atom. The SMILES string of the molecule is CCCCCCC(=O)NCCCCCI. The lowest BCUT2D eigenvalue weighted by Crippen LogP contribution is -2.23. The molecule has 0 rings (SSSR count). The zero-order chi connectivity index (χ0) is 11.4. The number of rotatable bonds is 10. The van der Waals surface area contributed by atoms with Gasteiger partial charge in [-0.25, -0.2) is 0 Å². The van der Waals surface area contributed by atoms with Crippen molar-refractivity contribution in [2.75, 3.05) is 11.0 Å². The first-order valence-electron chi connectivity index (χ1n) is 6.14. The van der Waals surface area contributed by atoms with Crippen LogP contribution >= 0.6 is 22.6 Å². The minimum absolute atomic E-state index is 0.237. The van der Waals surface area contributed by atoms with Crippen molar-refractivity contribution in [1.82, 2.24) is 5.32 Å². The number of carbonyl (C=O) groups excluding carboxylic acids is 1. The predicted molar refractivity (Wildman–Crippen MR) is 74.5 cm³/mol. The van der Waals surface area contributed by atoms with Gasteiger partial charge in [-0.3, -0.25) is 4.79 Å². The summed E-state index contributed by atoms with van der Waals surface area (Å²) in [6.07, 6.45) is 9.08. The molecule has 1 N–H and O–H groups in total. The van der Waals surface area contributed by atoms with E-state index in [1.807, 2.05) is 0 Å². The maximum atomic E-state index is 11.3. The lowest BCUT2D eigenvalue weighted by molar-refractivity contribution is -0.121. The van der Waals surface area contributed by atoms with Crippen LogP contribution in [0.2, 0.25) is 0 Å². The highest BCUT2D eigenvalue weighted by Crippen LogP contribution is 2.02. The van der Waals surface area contributed by atoms with E-state index in [4.69, 9.17) is 0 Å². The average molecular weight is 325 g/mol. The Kier molecular flexibility index (Phi) is 12.4. The summed E-state index contributed by atoms with van der Waals surface area (Å²) < 4.78 is 1.22. The number of carbonyl (C=O) groups is 1. The van der Waals surface area contributed by atoms with Crippen molar-refractivity contribution >= 4 is 28.5 Å². The molecule has 0 aliphatic heterocycles. The van der Waals surface area contributed by atoms with Crippen LogP contribution in [-0.4, -0.2) is 16.9 Å². The normalized spacial score (nSPS) is 10.3. The number of amides is 1. The van der Waals surface area contributed by atoms with E-state index in [1.54, 1.807) is 0 Å². The molecule has 0 saturated heterocycles. The van der Waals surface area contributed by atoms with Crippen LogP contribution in [0.25, 0.3) is 0 Å². The van der Waals surface area contributed by atoms with Crippen LogP contribution in [0.15, 0.2) is 0 Å². The summed E-state index contributed by atoms with van der Waals surface area (Å²) in [4.78, 5) is 11.3. The van der Waals surface area contributed by atoms with Gasteiger partial charge in [0.25, 0.3) is 0 Å². The summed E-state index contributed by atoms with van der Waals surface area (Å²) in [6, 6.07) is 0. The Bertz CT molecular complexity index is 151. The maximum absolute atomic E-state index is 11.3. The second kappa shape index (κ2) is 12.3.